The molecule has 0 fully saturated rings. The van der Waals surface area contributed by atoms with Crippen molar-refractivity contribution in [3.8, 4) is 11.5 Å². The topological polar surface area (TPSA) is 47.6 Å². The van der Waals surface area contributed by atoms with Gasteiger partial charge in [-0.3, -0.25) is 4.79 Å². The number of rotatable bonds is 6. The lowest BCUT2D eigenvalue weighted by Crippen LogP contribution is -2.41. The van der Waals surface area contributed by atoms with Crippen LogP contribution in [0.5, 0.6) is 11.5 Å². The normalized spacial score (nSPS) is 17.6. The fraction of sp³-hybridized carbons (Fsp3) is 0.381. The summed E-state index contributed by atoms with van der Waals surface area (Å²) in [6.45, 7) is 4.07. The van der Waals surface area contributed by atoms with Gasteiger partial charge >= 0.3 is 0 Å². The van der Waals surface area contributed by atoms with E-state index < -0.39 is 0 Å². The van der Waals surface area contributed by atoms with Crippen LogP contribution in [0.3, 0.4) is 0 Å². The van der Waals surface area contributed by atoms with Crippen molar-refractivity contribution in [1.29, 1.82) is 0 Å². The first kappa shape index (κ1) is 19.9. The van der Waals surface area contributed by atoms with Crippen LogP contribution in [0.2, 0.25) is 5.02 Å². The second-order valence-corrected chi connectivity index (χ2v) is 8.75. The number of thioether (sulfide) groups is 1. The number of fused-ring (bicyclic) bond motifs is 1. The molecule has 1 atom stereocenters. The van der Waals surface area contributed by atoms with Crippen LogP contribution in [-0.2, 0) is 4.79 Å². The highest BCUT2D eigenvalue weighted by molar-refractivity contribution is 7.99. The molecule has 0 radical (unpaired) electrons. The van der Waals surface area contributed by atoms with Gasteiger partial charge in [-0.05, 0) is 50.2 Å². The predicted molar refractivity (Wildman–Crippen MR) is 110 cm³/mol. The number of carbonyl (C=O) groups is 1. The summed E-state index contributed by atoms with van der Waals surface area (Å²) in [5.41, 5.74) is 0.642. The van der Waals surface area contributed by atoms with Gasteiger partial charge in [-0.2, -0.15) is 0 Å². The van der Waals surface area contributed by atoms with Crippen molar-refractivity contribution in [2.45, 2.75) is 43.2 Å². The number of hydrogen-bond donors (Lipinski definition) is 1. The Morgan fingerprint density at radius 2 is 2.04 bits per heavy atom. The van der Waals surface area contributed by atoms with E-state index in [2.05, 4.69) is 5.32 Å². The Hall–Kier alpha value is -1.85. The first-order valence-corrected chi connectivity index (χ1v) is 10.3. The van der Waals surface area contributed by atoms with Crippen LogP contribution in [0.15, 0.2) is 47.4 Å². The largest absolute Gasteiger partial charge is 0.497 e. The Morgan fingerprint density at radius 1 is 1.30 bits per heavy atom. The van der Waals surface area contributed by atoms with Crippen molar-refractivity contribution in [2.24, 2.45) is 0 Å². The van der Waals surface area contributed by atoms with Gasteiger partial charge in [-0.1, -0.05) is 11.6 Å². The third-order valence-corrected chi connectivity index (χ3v) is 5.69. The molecule has 1 aliphatic rings. The number of carbonyl (C=O) groups excluding carboxylic acids is 1. The molecule has 0 aromatic heterocycles. The van der Waals surface area contributed by atoms with E-state index in [9.17, 15) is 4.79 Å². The molecule has 1 N–H and O–H groups in total. The molecule has 3 rings (SSSR count). The van der Waals surface area contributed by atoms with Crippen LogP contribution in [0.4, 0.5) is 0 Å². The van der Waals surface area contributed by atoms with Crippen molar-refractivity contribution in [3.05, 3.63) is 53.1 Å². The Bertz CT molecular complexity index is 808. The van der Waals surface area contributed by atoms with Crippen LogP contribution < -0.4 is 14.8 Å². The smallest absolute Gasteiger partial charge is 0.221 e. The van der Waals surface area contributed by atoms with Gasteiger partial charge in [0.25, 0.3) is 0 Å². The number of nitrogens with one attached hydrogen (secondary N) is 1. The van der Waals surface area contributed by atoms with E-state index >= 15 is 0 Å². The minimum absolute atomic E-state index is 0.0425. The lowest BCUT2D eigenvalue weighted by atomic mass is 9.89. The van der Waals surface area contributed by atoms with E-state index in [0.29, 0.717) is 6.42 Å². The van der Waals surface area contributed by atoms with Crippen LogP contribution >= 0.6 is 23.4 Å². The van der Waals surface area contributed by atoms with Crippen LogP contribution in [0, 0.1) is 0 Å². The molecule has 4 nitrogen and oxygen atoms in total. The van der Waals surface area contributed by atoms with Gasteiger partial charge in [0.15, 0.2) is 0 Å². The van der Waals surface area contributed by atoms with Crippen molar-refractivity contribution in [2.75, 3.05) is 12.9 Å². The van der Waals surface area contributed by atoms with E-state index in [4.69, 9.17) is 21.1 Å². The van der Waals surface area contributed by atoms with Gasteiger partial charge in [-0.25, -0.2) is 0 Å². The summed E-state index contributed by atoms with van der Waals surface area (Å²) in [5.74, 6) is 2.28. The molecule has 0 saturated carbocycles. The fourth-order valence-corrected chi connectivity index (χ4v) is 4.12. The molecule has 2 aromatic rings. The molecule has 1 heterocycles. The number of hydrogen-bond acceptors (Lipinski definition) is 4. The van der Waals surface area contributed by atoms with Gasteiger partial charge < -0.3 is 14.8 Å². The second kappa shape index (κ2) is 8.44. The van der Waals surface area contributed by atoms with Gasteiger partial charge in [0.05, 0.1) is 13.2 Å². The number of ether oxygens (including phenoxy) is 2. The van der Waals surface area contributed by atoms with E-state index in [0.717, 1.165) is 39.2 Å². The van der Waals surface area contributed by atoms with Crippen molar-refractivity contribution in [3.63, 3.8) is 0 Å². The summed E-state index contributed by atoms with van der Waals surface area (Å²) >= 11 is 7.55. The average Bonchev–Trinajstić information content (AvgIpc) is 2.62. The molecular weight excluding hydrogens is 382 g/mol. The first-order valence-electron chi connectivity index (χ1n) is 8.91. The molecule has 6 heteroatoms. The Labute approximate surface area is 169 Å². The quantitative estimate of drug-likeness (QED) is 0.667. The van der Waals surface area contributed by atoms with Gasteiger partial charge in [0.2, 0.25) is 5.91 Å². The molecule has 0 spiro atoms. The van der Waals surface area contributed by atoms with Crippen LogP contribution in [0.1, 0.15) is 38.3 Å². The minimum atomic E-state index is -0.352. The van der Waals surface area contributed by atoms with Crippen molar-refractivity contribution >= 4 is 29.3 Å². The molecule has 0 unspecified atom stereocenters. The number of benzene rings is 2. The third-order valence-electron chi connectivity index (χ3n) is 4.42. The van der Waals surface area contributed by atoms with Crippen molar-refractivity contribution < 1.29 is 14.3 Å². The zero-order chi connectivity index (χ0) is 19.4. The lowest BCUT2D eigenvalue weighted by molar-refractivity contribution is -0.121. The Kier molecular flexibility index (Phi) is 6.22. The summed E-state index contributed by atoms with van der Waals surface area (Å²) in [6, 6.07) is 13.3. The maximum Gasteiger partial charge on any atom is 0.221 e. The molecule has 27 heavy (non-hydrogen) atoms. The van der Waals surface area contributed by atoms with E-state index in [1.54, 1.807) is 18.9 Å². The standard InChI is InChI=1S/C21H24ClNO3S/c1-21(2)13-18(17-9-6-15(25-3)12-19(17)26-21)23-20(24)10-11-27-16-7-4-14(22)5-8-16/h4-9,12,18H,10-11,13H2,1-3H3,(H,23,24)/t18-/m0/s1. The number of halogens is 1. The number of amides is 1. The monoisotopic (exact) mass is 405 g/mol. The maximum absolute atomic E-state index is 12.5. The molecule has 1 amide bonds. The van der Waals surface area contributed by atoms with Gasteiger partial charge in [-0.15, -0.1) is 11.8 Å². The molecule has 0 saturated heterocycles. The molecular formula is C21H24ClNO3S. The SMILES string of the molecule is COc1ccc2c(c1)OC(C)(C)C[C@@H]2NC(=O)CCSc1ccc(Cl)cc1. The molecule has 0 bridgehead atoms. The van der Waals surface area contributed by atoms with E-state index in [1.165, 1.54) is 0 Å². The number of methoxy groups -OCH3 is 1. The maximum atomic E-state index is 12.5. The molecule has 1 aliphatic heterocycles. The minimum Gasteiger partial charge on any atom is -0.497 e. The van der Waals surface area contributed by atoms with Gasteiger partial charge in [0, 0.05) is 40.1 Å². The Morgan fingerprint density at radius 3 is 2.74 bits per heavy atom. The van der Waals surface area contributed by atoms with E-state index in [1.807, 2.05) is 56.3 Å². The summed E-state index contributed by atoms with van der Waals surface area (Å²) in [5, 5.41) is 3.89. The summed E-state index contributed by atoms with van der Waals surface area (Å²) in [7, 11) is 1.63. The fourth-order valence-electron chi connectivity index (χ4n) is 3.15. The molecule has 144 valence electrons. The molecule has 2 aromatic carbocycles. The van der Waals surface area contributed by atoms with E-state index in [-0.39, 0.29) is 17.6 Å². The predicted octanol–water partition coefficient (Wildman–Crippen LogP) is 5.25. The second-order valence-electron chi connectivity index (χ2n) is 7.14. The van der Waals surface area contributed by atoms with Crippen molar-refractivity contribution in [1.82, 2.24) is 5.32 Å². The highest BCUT2D eigenvalue weighted by Crippen LogP contribution is 2.41. The third kappa shape index (κ3) is 5.33. The highest BCUT2D eigenvalue weighted by Gasteiger charge is 2.34. The summed E-state index contributed by atoms with van der Waals surface area (Å²) in [6.07, 6.45) is 1.18. The first-order chi connectivity index (χ1) is 12.9. The zero-order valence-corrected chi connectivity index (χ0v) is 17.3. The summed E-state index contributed by atoms with van der Waals surface area (Å²) in [4.78, 5) is 13.6. The zero-order valence-electron chi connectivity index (χ0n) is 15.8. The van der Waals surface area contributed by atoms with Gasteiger partial charge in [0.1, 0.15) is 17.1 Å². The molecule has 0 aliphatic carbocycles. The lowest BCUT2D eigenvalue weighted by Gasteiger charge is -2.38. The highest BCUT2D eigenvalue weighted by atomic mass is 35.5. The van der Waals surface area contributed by atoms with Crippen LogP contribution in [0.25, 0.3) is 0 Å². The summed E-state index contributed by atoms with van der Waals surface area (Å²) < 4.78 is 11.4. The van der Waals surface area contributed by atoms with Crippen LogP contribution in [-0.4, -0.2) is 24.4 Å². The Balaban J connectivity index is 1.60. The average molecular weight is 406 g/mol.